The molecule has 0 bridgehead atoms. The van der Waals surface area contributed by atoms with E-state index in [0.717, 1.165) is 51.4 Å². The molecular formula is C36H64O4. The van der Waals surface area contributed by atoms with Crippen LogP contribution in [-0.2, 0) is 9.59 Å². The number of allylic oxidation sites excluding steroid dienone is 4. The van der Waals surface area contributed by atoms with Crippen LogP contribution in [0.15, 0.2) is 23.8 Å². The average molecular weight is 561 g/mol. The molecular weight excluding hydrogens is 496 g/mol. The molecule has 0 fully saturated rings. The number of hydrogen-bond donors (Lipinski definition) is 2. The molecule has 0 radical (unpaired) electrons. The molecule has 0 heterocycles. The van der Waals surface area contributed by atoms with Gasteiger partial charge in [-0.2, -0.15) is 0 Å². The van der Waals surface area contributed by atoms with Gasteiger partial charge in [0.2, 0.25) is 0 Å². The van der Waals surface area contributed by atoms with Crippen molar-refractivity contribution < 1.29 is 19.8 Å². The Morgan fingerprint density at radius 3 is 1.57 bits per heavy atom. The van der Waals surface area contributed by atoms with Gasteiger partial charge in [0, 0.05) is 12.8 Å². The van der Waals surface area contributed by atoms with Crippen molar-refractivity contribution in [2.45, 2.75) is 181 Å². The lowest BCUT2D eigenvalue weighted by molar-refractivity contribution is -0.138. The predicted molar refractivity (Wildman–Crippen MR) is 170 cm³/mol. The van der Waals surface area contributed by atoms with E-state index >= 15 is 0 Å². The monoisotopic (exact) mass is 560 g/mol. The lowest BCUT2D eigenvalue weighted by Gasteiger charge is -2.43. The molecule has 40 heavy (non-hydrogen) atoms. The summed E-state index contributed by atoms with van der Waals surface area (Å²) in [5, 5.41) is 18.1. The lowest BCUT2D eigenvalue weighted by Crippen LogP contribution is -2.32. The van der Waals surface area contributed by atoms with Crippen LogP contribution in [0.5, 0.6) is 0 Å². The summed E-state index contributed by atoms with van der Waals surface area (Å²) in [6.45, 7) is 4.56. The summed E-state index contributed by atoms with van der Waals surface area (Å²) < 4.78 is 0. The highest BCUT2D eigenvalue weighted by molar-refractivity contribution is 5.66. The normalized spacial score (nSPS) is 18.6. The van der Waals surface area contributed by atoms with Crippen molar-refractivity contribution in [2.24, 2.45) is 11.3 Å². The number of unbranched alkanes of at least 4 members (excludes halogenated alkanes) is 16. The third-order valence-electron chi connectivity index (χ3n) is 9.11. The van der Waals surface area contributed by atoms with Gasteiger partial charge in [-0.25, -0.2) is 0 Å². The fourth-order valence-electron chi connectivity index (χ4n) is 6.74. The van der Waals surface area contributed by atoms with Crippen LogP contribution < -0.4 is 0 Å². The molecule has 4 heteroatoms. The molecule has 232 valence electrons. The second kappa shape index (κ2) is 24.1. The first-order valence-corrected chi connectivity index (χ1v) is 17.3. The summed E-state index contributed by atoms with van der Waals surface area (Å²) in [6.07, 6.45) is 37.0. The molecule has 2 unspecified atom stereocenters. The van der Waals surface area contributed by atoms with Crippen molar-refractivity contribution in [3.63, 3.8) is 0 Å². The van der Waals surface area contributed by atoms with Crippen molar-refractivity contribution >= 4 is 11.9 Å². The fourth-order valence-corrected chi connectivity index (χ4v) is 6.74. The van der Waals surface area contributed by atoms with E-state index in [1.165, 1.54) is 103 Å². The van der Waals surface area contributed by atoms with E-state index in [4.69, 9.17) is 10.2 Å². The van der Waals surface area contributed by atoms with Crippen molar-refractivity contribution in [2.75, 3.05) is 0 Å². The largest absolute Gasteiger partial charge is 0.481 e. The molecule has 0 aromatic carbocycles. The fraction of sp³-hybridized carbons (Fsp3) is 0.833. The van der Waals surface area contributed by atoms with Crippen molar-refractivity contribution in [3.05, 3.63) is 23.8 Å². The highest BCUT2D eigenvalue weighted by Gasteiger charge is 2.38. The molecule has 0 saturated heterocycles. The van der Waals surface area contributed by atoms with Crippen molar-refractivity contribution in [3.8, 4) is 0 Å². The SMILES string of the molecule is CCCCCCCCCCC1(CCCCCCCC)C=CC=C(CCCCCC(=O)O)C1CCCCCC(=O)O. The molecule has 0 aromatic heterocycles. The van der Waals surface area contributed by atoms with Crippen LogP contribution in [0.25, 0.3) is 0 Å². The Bertz CT molecular complexity index is 710. The Morgan fingerprint density at radius 2 is 1.07 bits per heavy atom. The third kappa shape index (κ3) is 17.3. The molecule has 2 atom stereocenters. The molecule has 2 N–H and O–H groups in total. The zero-order chi connectivity index (χ0) is 29.3. The second-order valence-corrected chi connectivity index (χ2v) is 12.6. The summed E-state index contributed by atoms with van der Waals surface area (Å²) >= 11 is 0. The van der Waals surface area contributed by atoms with Crippen LogP contribution in [0.1, 0.15) is 181 Å². The quantitative estimate of drug-likeness (QED) is 0.0933. The zero-order valence-corrected chi connectivity index (χ0v) is 26.4. The molecule has 0 aromatic rings. The maximum Gasteiger partial charge on any atom is 0.303 e. The molecule has 0 spiro atoms. The van der Waals surface area contributed by atoms with Gasteiger partial charge in [0.05, 0.1) is 0 Å². The Kier molecular flexibility index (Phi) is 21.9. The Morgan fingerprint density at radius 1 is 0.625 bits per heavy atom. The van der Waals surface area contributed by atoms with Crippen molar-refractivity contribution in [1.29, 1.82) is 0 Å². The molecule has 0 amide bonds. The molecule has 1 aliphatic rings. The highest BCUT2D eigenvalue weighted by Crippen LogP contribution is 2.49. The number of hydrogen-bond acceptors (Lipinski definition) is 2. The van der Waals surface area contributed by atoms with E-state index in [9.17, 15) is 9.59 Å². The summed E-state index contributed by atoms with van der Waals surface area (Å²) in [7, 11) is 0. The third-order valence-corrected chi connectivity index (χ3v) is 9.11. The number of carboxylic acids is 2. The van der Waals surface area contributed by atoms with Gasteiger partial charge in [-0.3, -0.25) is 9.59 Å². The van der Waals surface area contributed by atoms with Gasteiger partial charge in [-0.1, -0.05) is 147 Å². The van der Waals surface area contributed by atoms with Crippen LogP contribution in [0.2, 0.25) is 0 Å². The summed E-state index contributed by atoms with van der Waals surface area (Å²) in [5.74, 6) is -0.834. The Hall–Kier alpha value is -1.58. The highest BCUT2D eigenvalue weighted by atomic mass is 16.4. The smallest absolute Gasteiger partial charge is 0.303 e. The van der Waals surface area contributed by atoms with Crippen molar-refractivity contribution in [1.82, 2.24) is 0 Å². The topological polar surface area (TPSA) is 74.6 Å². The minimum Gasteiger partial charge on any atom is -0.481 e. The Balaban J connectivity index is 2.87. The Labute approximate surface area is 247 Å². The molecule has 0 aliphatic heterocycles. The second-order valence-electron chi connectivity index (χ2n) is 12.6. The number of carbonyl (C=O) groups is 2. The number of aliphatic carboxylic acids is 2. The number of carboxylic acid groups (broad SMARTS) is 2. The van der Waals surface area contributed by atoms with E-state index < -0.39 is 11.9 Å². The summed E-state index contributed by atoms with van der Waals surface area (Å²) in [5.41, 5.74) is 1.80. The van der Waals surface area contributed by atoms with Crippen LogP contribution >= 0.6 is 0 Å². The average Bonchev–Trinajstić information content (AvgIpc) is 2.92. The first-order valence-electron chi connectivity index (χ1n) is 17.3. The van der Waals surface area contributed by atoms with E-state index in [1.54, 1.807) is 5.57 Å². The molecule has 4 nitrogen and oxygen atoms in total. The van der Waals surface area contributed by atoms with Crippen LogP contribution in [-0.4, -0.2) is 22.2 Å². The molecule has 0 saturated carbocycles. The minimum atomic E-state index is -0.692. The first kappa shape index (κ1) is 36.4. The van der Waals surface area contributed by atoms with Gasteiger partial charge in [0.15, 0.2) is 0 Å². The van der Waals surface area contributed by atoms with Gasteiger partial charge in [0.1, 0.15) is 0 Å². The van der Waals surface area contributed by atoms with E-state index in [2.05, 4.69) is 32.1 Å². The number of rotatable bonds is 28. The van der Waals surface area contributed by atoms with Gasteiger partial charge in [-0.05, 0) is 56.3 Å². The van der Waals surface area contributed by atoms with Crippen LogP contribution in [0.4, 0.5) is 0 Å². The van der Waals surface area contributed by atoms with E-state index in [-0.39, 0.29) is 18.3 Å². The predicted octanol–water partition coefficient (Wildman–Crippen LogP) is 11.4. The zero-order valence-electron chi connectivity index (χ0n) is 26.4. The maximum atomic E-state index is 11.0. The first-order chi connectivity index (χ1) is 19.4. The van der Waals surface area contributed by atoms with Crippen LogP contribution in [0.3, 0.4) is 0 Å². The summed E-state index contributed by atoms with van der Waals surface area (Å²) in [4.78, 5) is 22.0. The molecule has 1 aliphatic carbocycles. The van der Waals surface area contributed by atoms with Gasteiger partial charge >= 0.3 is 11.9 Å². The standard InChI is InChI=1S/C36H64O4/c1-3-5-7-9-11-12-14-22-30-36(29-21-13-10-8-6-4-2)31-23-25-32(24-17-15-19-27-34(37)38)33(36)26-18-16-20-28-35(39)40/h23,25,31,33H,3-22,24,26-30H2,1-2H3,(H,37,38)(H,39,40). The van der Waals surface area contributed by atoms with E-state index in [1.807, 2.05) is 0 Å². The molecule has 1 rings (SSSR count). The minimum absolute atomic E-state index is 0.227. The van der Waals surface area contributed by atoms with Gasteiger partial charge in [-0.15, -0.1) is 0 Å². The maximum absolute atomic E-state index is 11.0. The van der Waals surface area contributed by atoms with E-state index in [0.29, 0.717) is 5.92 Å². The lowest BCUT2D eigenvalue weighted by atomic mass is 9.61. The van der Waals surface area contributed by atoms with Gasteiger partial charge < -0.3 is 10.2 Å². The van der Waals surface area contributed by atoms with Gasteiger partial charge in [0.25, 0.3) is 0 Å². The summed E-state index contributed by atoms with van der Waals surface area (Å²) in [6, 6.07) is 0. The van der Waals surface area contributed by atoms with Crippen LogP contribution in [0, 0.1) is 11.3 Å².